The average molecular weight is 315 g/mol. The number of rotatable bonds is 4. The van der Waals surface area contributed by atoms with Gasteiger partial charge in [0.05, 0.1) is 0 Å². The molecular weight excluding hydrogens is 291 g/mol. The van der Waals surface area contributed by atoms with Crippen LogP contribution in [-0.4, -0.2) is 31.6 Å². The number of piperidine rings is 1. The quantitative estimate of drug-likeness (QED) is 0.887. The summed E-state index contributed by atoms with van der Waals surface area (Å²) in [5.41, 5.74) is 1.51. The van der Waals surface area contributed by atoms with E-state index in [1.54, 1.807) is 0 Å². The largest absolute Gasteiger partial charge is 0.310 e. The first-order valence-corrected chi connectivity index (χ1v) is 8.02. The first kappa shape index (κ1) is 16.1. The highest BCUT2D eigenvalue weighted by atomic mass is 35.5. The second-order valence-corrected chi connectivity index (χ2v) is 7.23. The zero-order valence-corrected chi connectivity index (χ0v) is 14.1. The third-order valence-electron chi connectivity index (χ3n) is 4.46. The summed E-state index contributed by atoms with van der Waals surface area (Å²) in [6.07, 6.45) is 2.50. The van der Waals surface area contributed by atoms with Crippen LogP contribution >= 0.6 is 23.2 Å². The highest BCUT2D eigenvalue weighted by Gasteiger charge is 2.29. The molecule has 1 heterocycles. The SMILES string of the molecule is CC(NCC1(C)CCN(C)CC1)c1ccc(Cl)cc1Cl. The number of hydrogen-bond acceptors (Lipinski definition) is 2. The Morgan fingerprint density at radius 1 is 1.30 bits per heavy atom. The number of halogens is 2. The molecule has 0 spiro atoms. The van der Waals surface area contributed by atoms with Crippen molar-refractivity contribution in [2.75, 3.05) is 26.7 Å². The van der Waals surface area contributed by atoms with Crippen LogP contribution in [0.2, 0.25) is 10.0 Å². The molecule has 1 aromatic carbocycles. The first-order chi connectivity index (χ1) is 9.39. The van der Waals surface area contributed by atoms with E-state index in [2.05, 4.69) is 31.1 Å². The second kappa shape index (κ2) is 6.65. The molecule has 0 amide bonds. The summed E-state index contributed by atoms with van der Waals surface area (Å²) >= 11 is 12.2. The lowest BCUT2D eigenvalue weighted by molar-refractivity contribution is 0.134. The fourth-order valence-electron chi connectivity index (χ4n) is 2.70. The summed E-state index contributed by atoms with van der Waals surface area (Å²) in [4.78, 5) is 2.40. The summed E-state index contributed by atoms with van der Waals surface area (Å²) in [5, 5.41) is 5.07. The summed E-state index contributed by atoms with van der Waals surface area (Å²) in [6, 6.07) is 5.97. The van der Waals surface area contributed by atoms with E-state index >= 15 is 0 Å². The molecule has 0 aromatic heterocycles. The minimum absolute atomic E-state index is 0.247. The lowest BCUT2D eigenvalue weighted by atomic mass is 9.80. The van der Waals surface area contributed by atoms with Gasteiger partial charge < -0.3 is 10.2 Å². The monoisotopic (exact) mass is 314 g/mol. The van der Waals surface area contributed by atoms with E-state index < -0.39 is 0 Å². The van der Waals surface area contributed by atoms with Crippen molar-refractivity contribution in [3.05, 3.63) is 33.8 Å². The number of hydrogen-bond donors (Lipinski definition) is 1. The van der Waals surface area contributed by atoms with Crippen LogP contribution in [0.3, 0.4) is 0 Å². The van der Waals surface area contributed by atoms with E-state index in [0.717, 1.165) is 17.1 Å². The Morgan fingerprint density at radius 2 is 1.95 bits per heavy atom. The molecule has 0 bridgehead atoms. The maximum atomic E-state index is 6.27. The molecular formula is C16H24Cl2N2. The molecule has 1 unspecified atom stereocenters. The molecule has 1 saturated heterocycles. The Kier molecular flexibility index (Phi) is 5.36. The van der Waals surface area contributed by atoms with Crippen LogP contribution in [0.1, 0.15) is 38.3 Å². The van der Waals surface area contributed by atoms with Gasteiger partial charge in [-0.05, 0) is 63.0 Å². The Morgan fingerprint density at radius 3 is 2.55 bits per heavy atom. The lowest BCUT2D eigenvalue weighted by Gasteiger charge is -2.38. The van der Waals surface area contributed by atoms with Gasteiger partial charge in [-0.25, -0.2) is 0 Å². The highest BCUT2D eigenvalue weighted by molar-refractivity contribution is 6.35. The fraction of sp³-hybridized carbons (Fsp3) is 0.625. The van der Waals surface area contributed by atoms with Crippen molar-refractivity contribution in [3.8, 4) is 0 Å². The number of likely N-dealkylation sites (tertiary alicyclic amines) is 1. The predicted octanol–water partition coefficient (Wildman–Crippen LogP) is 4.38. The summed E-state index contributed by atoms with van der Waals surface area (Å²) in [6.45, 7) is 7.94. The van der Waals surface area contributed by atoms with Crippen molar-refractivity contribution >= 4 is 23.2 Å². The van der Waals surface area contributed by atoms with E-state index in [9.17, 15) is 0 Å². The Bertz CT molecular complexity index is 454. The van der Waals surface area contributed by atoms with Crippen LogP contribution in [-0.2, 0) is 0 Å². The highest BCUT2D eigenvalue weighted by Crippen LogP contribution is 2.31. The normalized spacial score (nSPS) is 20.9. The van der Waals surface area contributed by atoms with Crippen LogP contribution in [0.4, 0.5) is 0 Å². The minimum Gasteiger partial charge on any atom is -0.310 e. The Balaban J connectivity index is 1.93. The van der Waals surface area contributed by atoms with Crippen LogP contribution in [0, 0.1) is 5.41 Å². The van der Waals surface area contributed by atoms with Gasteiger partial charge >= 0.3 is 0 Å². The lowest BCUT2D eigenvalue weighted by Crippen LogP contribution is -2.42. The Hall–Kier alpha value is -0.280. The van der Waals surface area contributed by atoms with Crippen molar-refractivity contribution in [1.29, 1.82) is 0 Å². The van der Waals surface area contributed by atoms with Crippen molar-refractivity contribution in [3.63, 3.8) is 0 Å². The van der Waals surface area contributed by atoms with Crippen molar-refractivity contribution in [2.45, 2.75) is 32.7 Å². The van der Waals surface area contributed by atoms with Crippen LogP contribution in [0.15, 0.2) is 18.2 Å². The molecule has 1 N–H and O–H groups in total. The van der Waals surface area contributed by atoms with Gasteiger partial charge in [0.1, 0.15) is 0 Å². The maximum absolute atomic E-state index is 6.27. The maximum Gasteiger partial charge on any atom is 0.0468 e. The predicted molar refractivity (Wildman–Crippen MR) is 87.7 cm³/mol. The topological polar surface area (TPSA) is 15.3 Å². The van der Waals surface area contributed by atoms with Crippen molar-refractivity contribution < 1.29 is 0 Å². The standard InChI is InChI=1S/C16H24Cl2N2/c1-12(14-5-4-13(17)10-15(14)18)19-11-16(2)6-8-20(3)9-7-16/h4-5,10,12,19H,6-9,11H2,1-3H3. The van der Waals surface area contributed by atoms with E-state index in [1.165, 1.54) is 25.9 Å². The van der Waals surface area contributed by atoms with Gasteiger partial charge in [-0.1, -0.05) is 36.2 Å². The molecule has 0 radical (unpaired) electrons. The van der Waals surface area contributed by atoms with E-state index in [-0.39, 0.29) is 6.04 Å². The Labute approximate surface area is 132 Å². The molecule has 20 heavy (non-hydrogen) atoms. The molecule has 1 aromatic rings. The number of benzene rings is 1. The fourth-order valence-corrected chi connectivity index (χ4v) is 3.27. The molecule has 2 rings (SSSR count). The van der Waals surface area contributed by atoms with Gasteiger partial charge in [-0.15, -0.1) is 0 Å². The van der Waals surface area contributed by atoms with Gasteiger partial charge in [0, 0.05) is 22.6 Å². The van der Waals surface area contributed by atoms with E-state index in [4.69, 9.17) is 23.2 Å². The van der Waals surface area contributed by atoms with Crippen molar-refractivity contribution in [1.82, 2.24) is 10.2 Å². The van der Waals surface area contributed by atoms with Crippen LogP contribution in [0.5, 0.6) is 0 Å². The first-order valence-electron chi connectivity index (χ1n) is 7.26. The molecule has 1 fully saturated rings. The molecule has 1 aliphatic rings. The van der Waals surface area contributed by atoms with Gasteiger partial charge in [-0.3, -0.25) is 0 Å². The average Bonchev–Trinajstić information content (AvgIpc) is 2.40. The summed E-state index contributed by atoms with van der Waals surface area (Å²) < 4.78 is 0. The summed E-state index contributed by atoms with van der Waals surface area (Å²) in [7, 11) is 2.20. The third kappa shape index (κ3) is 4.11. The molecule has 2 nitrogen and oxygen atoms in total. The number of nitrogens with zero attached hydrogens (tertiary/aromatic N) is 1. The van der Waals surface area contributed by atoms with Gasteiger partial charge in [0.2, 0.25) is 0 Å². The molecule has 112 valence electrons. The smallest absolute Gasteiger partial charge is 0.0468 e. The van der Waals surface area contributed by atoms with Crippen molar-refractivity contribution in [2.24, 2.45) is 5.41 Å². The molecule has 1 atom stereocenters. The van der Waals surface area contributed by atoms with Gasteiger partial charge in [-0.2, -0.15) is 0 Å². The molecule has 4 heteroatoms. The second-order valence-electron chi connectivity index (χ2n) is 6.38. The van der Waals surface area contributed by atoms with Gasteiger partial charge in [0.15, 0.2) is 0 Å². The van der Waals surface area contributed by atoms with E-state index in [0.29, 0.717) is 10.4 Å². The van der Waals surface area contributed by atoms with E-state index in [1.807, 2.05) is 18.2 Å². The molecule has 1 aliphatic heterocycles. The zero-order valence-electron chi connectivity index (χ0n) is 12.5. The molecule has 0 aliphatic carbocycles. The van der Waals surface area contributed by atoms with Crippen LogP contribution < -0.4 is 5.32 Å². The third-order valence-corrected chi connectivity index (χ3v) is 5.02. The molecule has 0 saturated carbocycles. The number of nitrogens with one attached hydrogen (secondary N) is 1. The summed E-state index contributed by atoms with van der Waals surface area (Å²) in [5.74, 6) is 0. The van der Waals surface area contributed by atoms with Gasteiger partial charge in [0.25, 0.3) is 0 Å². The zero-order chi connectivity index (χ0) is 14.8. The van der Waals surface area contributed by atoms with Crippen LogP contribution in [0.25, 0.3) is 0 Å². The minimum atomic E-state index is 0.247.